The largest absolute Gasteiger partial charge is 0.352 e. The number of nitrogens with one attached hydrogen (secondary N) is 1. The summed E-state index contributed by atoms with van der Waals surface area (Å²) in [5, 5.41) is 5.65. The Hall–Kier alpha value is -1.75. The minimum absolute atomic E-state index is 0.0842. The molecule has 0 spiro atoms. The molecular weight excluding hydrogens is 263 g/mol. The van der Waals surface area contributed by atoms with E-state index in [1.807, 2.05) is 12.3 Å². The normalized spacial score (nSPS) is 10.5. The number of nitrogens with zero attached hydrogens (tertiary/aromatic N) is 1. The first-order valence-corrected chi connectivity index (χ1v) is 6.89. The predicted octanol–water partition coefficient (Wildman–Crippen LogP) is 2.87. The number of hydrogen-bond donors (Lipinski definition) is 1. The van der Waals surface area contributed by atoms with Crippen molar-refractivity contribution in [3.8, 4) is 0 Å². The van der Waals surface area contributed by atoms with Crippen molar-refractivity contribution < 1.29 is 9.18 Å². The Morgan fingerprint density at radius 3 is 2.84 bits per heavy atom. The van der Waals surface area contributed by atoms with Crippen molar-refractivity contribution in [2.24, 2.45) is 0 Å². The zero-order valence-corrected chi connectivity index (χ0v) is 11.7. The molecule has 1 N–H and O–H groups in total. The molecular formula is C14H15FN2OS. The molecule has 1 amide bonds. The highest BCUT2D eigenvalue weighted by molar-refractivity contribution is 7.09. The zero-order chi connectivity index (χ0) is 13.8. The van der Waals surface area contributed by atoms with Gasteiger partial charge in [-0.05, 0) is 31.5 Å². The number of rotatable bonds is 4. The zero-order valence-electron chi connectivity index (χ0n) is 10.9. The Balaban J connectivity index is 1.90. The summed E-state index contributed by atoms with van der Waals surface area (Å²) in [6, 6.07) is 4.59. The van der Waals surface area contributed by atoms with E-state index in [9.17, 15) is 9.18 Å². The van der Waals surface area contributed by atoms with E-state index < -0.39 is 5.82 Å². The average molecular weight is 278 g/mol. The van der Waals surface area contributed by atoms with Crippen LogP contribution in [0.25, 0.3) is 0 Å². The number of aryl methyl sites for hydroxylation is 2. The van der Waals surface area contributed by atoms with E-state index >= 15 is 0 Å². The average Bonchev–Trinajstić information content (AvgIpc) is 2.75. The second-order valence-corrected chi connectivity index (χ2v) is 5.31. The summed E-state index contributed by atoms with van der Waals surface area (Å²) in [6.45, 7) is 4.18. The molecule has 0 fully saturated rings. The van der Waals surface area contributed by atoms with Gasteiger partial charge in [0, 0.05) is 24.0 Å². The summed E-state index contributed by atoms with van der Waals surface area (Å²) in [5.41, 5.74) is 1.86. The predicted molar refractivity (Wildman–Crippen MR) is 74.0 cm³/mol. The second kappa shape index (κ2) is 5.93. The van der Waals surface area contributed by atoms with Gasteiger partial charge < -0.3 is 5.32 Å². The van der Waals surface area contributed by atoms with Crippen LogP contribution in [0.4, 0.5) is 4.39 Å². The van der Waals surface area contributed by atoms with Crippen LogP contribution in [0, 0.1) is 19.7 Å². The Morgan fingerprint density at radius 1 is 1.42 bits per heavy atom. The SMILES string of the molecule is Cc1ccc(C(=O)NCCc2nc(C)cs2)c(F)c1. The summed E-state index contributed by atoms with van der Waals surface area (Å²) in [4.78, 5) is 16.1. The van der Waals surface area contributed by atoms with Crippen LogP contribution < -0.4 is 5.32 Å². The van der Waals surface area contributed by atoms with Crippen molar-refractivity contribution in [2.45, 2.75) is 20.3 Å². The van der Waals surface area contributed by atoms with E-state index in [0.29, 0.717) is 13.0 Å². The number of aromatic nitrogens is 1. The Labute approximate surface area is 115 Å². The molecule has 0 aliphatic heterocycles. The van der Waals surface area contributed by atoms with Crippen molar-refractivity contribution in [2.75, 3.05) is 6.54 Å². The molecule has 1 heterocycles. The van der Waals surface area contributed by atoms with Gasteiger partial charge in [-0.1, -0.05) is 6.07 Å². The van der Waals surface area contributed by atoms with Gasteiger partial charge in [0.05, 0.1) is 10.6 Å². The van der Waals surface area contributed by atoms with Gasteiger partial charge >= 0.3 is 0 Å². The van der Waals surface area contributed by atoms with E-state index in [0.717, 1.165) is 16.3 Å². The van der Waals surface area contributed by atoms with Crippen LogP contribution in [0.3, 0.4) is 0 Å². The molecule has 0 radical (unpaired) electrons. The maximum Gasteiger partial charge on any atom is 0.254 e. The molecule has 3 nitrogen and oxygen atoms in total. The lowest BCUT2D eigenvalue weighted by molar-refractivity contribution is 0.0950. The summed E-state index contributed by atoms with van der Waals surface area (Å²) < 4.78 is 13.6. The van der Waals surface area contributed by atoms with Crippen molar-refractivity contribution in [3.63, 3.8) is 0 Å². The minimum atomic E-state index is -0.484. The lowest BCUT2D eigenvalue weighted by atomic mass is 10.1. The highest BCUT2D eigenvalue weighted by Crippen LogP contribution is 2.11. The maximum atomic E-state index is 13.6. The molecule has 0 atom stereocenters. The standard InChI is InChI=1S/C14H15FN2OS/c1-9-3-4-11(12(15)7-9)14(18)16-6-5-13-17-10(2)8-19-13/h3-4,7-8H,5-6H2,1-2H3,(H,16,18). The quantitative estimate of drug-likeness (QED) is 0.934. The Kier molecular flexibility index (Phi) is 4.27. The smallest absolute Gasteiger partial charge is 0.254 e. The number of carbonyl (C=O) groups is 1. The van der Waals surface area contributed by atoms with E-state index in [1.54, 1.807) is 24.3 Å². The van der Waals surface area contributed by atoms with Gasteiger partial charge in [-0.25, -0.2) is 9.37 Å². The number of thiazole rings is 1. The highest BCUT2D eigenvalue weighted by Gasteiger charge is 2.11. The maximum absolute atomic E-state index is 13.6. The van der Waals surface area contributed by atoms with Crippen molar-refractivity contribution in [3.05, 3.63) is 51.2 Å². The molecule has 0 aliphatic carbocycles. The molecule has 1 aromatic carbocycles. The van der Waals surface area contributed by atoms with E-state index in [1.165, 1.54) is 12.1 Å². The molecule has 2 rings (SSSR count). The first-order chi connectivity index (χ1) is 9.06. The first-order valence-electron chi connectivity index (χ1n) is 6.01. The molecule has 5 heteroatoms. The van der Waals surface area contributed by atoms with Crippen LogP contribution in [0.5, 0.6) is 0 Å². The number of hydrogen-bond acceptors (Lipinski definition) is 3. The summed E-state index contributed by atoms with van der Waals surface area (Å²) >= 11 is 1.57. The number of carbonyl (C=O) groups excluding carboxylic acids is 1. The molecule has 0 aliphatic rings. The van der Waals surface area contributed by atoms with Crippen LogP contribution in [-0.4, -0.2) is 17.4 Å². The molecule has 0 bridgehead atoms. The fraction of sp³-hybridized carbons (Fsp3) is 0.286. The molecule has 0 unspecified atom stereocenters. The van der Waals surface area contributed by atoms with Crippen LogP contribution in [0.1, 0.15) is 26.6 Å². The second-order valence-electron chi connectivity index (χ2n) is 4.37. The van der Waals surface area contributed by atoms with Crippen LogP contribution >= 0.6 is 11.3 Å². The molecule has 19 heavy (non-hydrogen) atoms. The van der Waals surface area contributed by atoms with Crippen molar-refractivity contribution in [1.29, 1.82) is 0 Å². The van der Waals surface area contributed by atoms with Gasteiger partial charge in [0.25, 0.3) is 5.91 Å². The van der Waals surface area contributed by atoms with E-state index in [2.05, 4.69) is 10.3 Å². The van der Waals surface area contributed by atoms with E-state index in [-0.39, 0.29) is 11.5 Å². The summed E-state index contributed by atoms with van der Waals surface area (Å²) in [7, 11) is 0. The van der Waals surface area contributed by atoms with Crippen LogP contribution in [0.2, 0.25) is 0 Å². The third-order valence-electron chi connectivity index (χ3n) is 2.66. The molecule has 0 saturated heterocycles. The van der Waals surface area contributed by atoms with Gasteiger partial charge in [-0.3, -0.25) is 4.79 Å². The van der Waals surface area contributed by atoms with Gasteiger partial charge in [0.2, 0.25) is 0 Å². The lowest BCUT2D eigenvalue weighted by Gasteiger charge is -2.05. The van der Waals surface area contributed by atoms with Gasteiger partial charge in [0.15, 0.2) is 0 Å². The third-order valence-corrected chi connectivity index (χ3v) is 3.69. The Bertz CT molecular complexity index is 595. The van der Waals surface area contributed by atoms with Crippen LogP contribution in [-0.2, 0) is 6.42 Å². The monoisotopic (exact) mass is 278 g/mol. The number of amides is 1. The molecule has 2 aromatic rings. The lowest BCUT2D eigenvalue weighted by Crippen LogP contribution is -2.26. The molecule has 0 saturated carbocycles. The van der Waals surface area contributed by atoms with Gasteiger partial charge in [-0.2, -0.15) is 0 Å². The summed E-state index contributed by atoms with van der Waals surface area (Å²) in [5.74, 6) is -0.867. The van der Waals surface area contributed by atoms with Crippen LogP contribution in [0.15, 0.2) is 23.6 Å². The van der Waals surface area contributed by atoms with Crippen molar-refractivity contribution >= 4 is 17.2 Å². The van der Waals surface area contributed by atoms with E-state index in [4.69, 9.17) is 0 Å². The van der Waals surface area contributed by atoms with Gasteiger partial charge in [-0.15, -0.1) is 11.3 Å². The third kappa shape index (κ3) is 3.61. The topological polar surface area (TPSA) is 42.0 Å². The number of halogens is 1. The molecule has 100 valence electrons. The highest BCUT2D eigenvalue weighted by atomic mass is 32.1. The molecule has 1 aromatic heterocycles. The Morgan fingerprint density at radius 2 is 2.21 bits per heavy atom. The fourth-order valence-corrected chi connectivity index (χ4v) is 2.48. The minimum Gasteiger partial charge on any atom is -0.352 e. The van der Waals surface area contributed by atoms with Crippen molar-refractivity contribution in [1.82, 2.24) is 10.3 Å². The summed E-state index contributed by atoms with van der Waals surface area (Å²) in [6.07, 6.45) is 0.664. The fourth-order valence-electron chi connectivity index (χ4n) is 1.70. The number of benzene rings is 1. The first kappa shape index (κ1) is 13.7. The van der Waals surface area contributed by atoms with Gasteiger partial charge in [0.1, 0.15) is 5.82 Å².